The number of carbonyl (C=O) groups is 2. The summed E-state index contributed by atoms with van der Waals surface area (Å²) >= 11 is 18.6. The minimum absolute atomic E-state index is 0.125. The van der Waals surface area contributed by atoms with Crippen LogP contribution in [0.5, 0.6) is 0 Å². The SMILES string of the molecule is COC(=O)/C=C(/Nc1cc(Cl)c(Br)c(Cl)c1Br)C(=O)OC. The Morgan fingerprint density at radius 2 is 1.81 bits per heavy atom. The first-order chi connectivity index (χ1) is 9.81. The third-order valence-corrected chi connectivity index (χ3v) is 5.25. The number of rotatable bonds is 4. The summed E-state index contributed by atoms with van der Waals surface area (Å²) in [4.78, 5) is 23.0. The molecular formula is C12H9Br2Cl2NO4. The number of benzene rings is 1. The van der Waals surface area contributed by atoms with E-state index in [2.05, 4.69) is 46.7 Å². The van der Waals surface area contributed by atoms with Gasteiger partial charge in [0, 0.05) is 0 Å². The van der Waals surface area contributed by atoms with Crippen LogP contribution < -0.4 is 5.32 Å². The van der Waals surface area contributed by atoms with Crippen molar-refractivity contribution in [3.05, 3.63) is 36.8 Å². The molecule has 0 aliphatic rings. The monoisotopic (exact) mass is 459 g/mol. The molecule has 0 radical (unpaired) electrons. The Hall–Kier alpha value is -0.760. The van der Waals surface area contributed by atoms with Crippen LogP contribution in [0.3, 0.4) is 0 Å². The predicted octanol–water partition coefficient (Wildman–Crippen LogP) is 4.16. The van der Waals surface area contributed by atoms with E-state index in [1.165, 1.54) is 20.3 Å². The fraction of sp³-hybridized carbons (Fsp3) is 0.167. The van der Waals surface area contributed by atoms with Gasteiger partial charge in [0.15, 0.2) is 0 Å². The molecule has 0 saturated carbocycles. The van der Waals surface area contributed by atoms with Crippen molar-refractivity contribution in [3.63, 3.8) is 0 Å². The van der Waals surface area contributed by atoms with Gasteiger partial charge >= 0.3 is 11.9 Å². The van der Waals surface area contributed by atoms with Crippen molar-refractivity contribution in [1.82, 2.24) is 0 Å². The number of hydrogen-bond donors (Lipinski definition) is 1. The molecule has 0 aromatic heterocycles. The second-order valence-corrected chi connectivity index (χ2v) is 5.92. The molecule has 0 unspecified atom stereocenters. The van der Waals surface area contributed by atoms with Crippen LogP contribution in [0.1, 0.15) is 0 Å². The molecule has 114 valence electrons. The van der Waals surface area contributed by atoms with E-state index in [9.17, 15) is 9.59 Å². The molecule has 0 atom stereocenters. The highest BCUT2D eigenvalue weighted by Gasteiger charge is 2.17. The van der Waals surface area contributed by atoms with Crippen molar-refractivity contribution in [2.75, 3.05) is 19.5 Å². The number of hydrogen-bond acceptors (Lipinski definition) is 5. The Kier molecular flexibility index (Phi) is 6.99. The smallest absolute Gasteiger partial charge is 0.354 e. The average molecular weight is 462 g/mol. The summed E-state index contributed by atoms with van der Waals surface area (Å²) in [6, 6.07) is 1.52. The van der Waals surface area contributed by atoms with Gasteiger partial charge < -0.3 is 14.8 Å². The average Bonchev–Trinajstić information content (AvgIpc) is 2.48. The molecule has 9 heteroatoms. The molecule has 0 heterocycles. The van der Waals surface area contributed by atoms with Gasteiger partial charge in [-0.25, -0.2) is 9.59 Å². The van der Waals surface area contributed by atoms with Crippen LogP contribution in [0, 0.1) is 0 Å². The highest BCUT2D eigenvalue weighted by molar-refractivity contribution is 9.11. The minimum Gasteiger partial charge on any atom is -0.466 e. The van der Waals surface area contributed by atoms with Crippen molar-refractivity contribution in [2.24, 2.45) is 0 Å². The molecule has 1 N–H and O–H groups in total. The van der Waals surface area contributed by atoms with Crippen molar-refractivity contribution < 1.29 is 19.1 Å². The summed E-state index contributed by atoms with van der Waals surface area (Å²) in [5.41, 5.74) is 0.258. The number of carbonyl (C=O) groups excluding carboxylic acids is 2. The van der Waals surface area contributed by atoms with Crippen molar-refractivity contribution in [2.45, 2.75) is 0 Å². The number of ether oxygens (including phenoxy) is 2. The molecular weight excluding hydrogens is 453 g/mol. The zero-order valence-electron chi connectivity index (χ0n) is 10.8. The Morgan fingerprint density at radius 1 is 1.19 bits per heavy atom. The normalized spacial score (nSPS) is 11.0. The van der Waals surface area contributed by atoms with Crippen LogP contribution >= 0.6 is 55.1 Å². The molecule has 0 amide bonds. The topological polar surface area (TPSA) is 64.6 Å². The van der Waals surface area contributed by atoms with E-state index in [1.54, 1.807) is 0 Å². The maximum Gasteiger partial charge on any atom is 0.354 e. The number of nitrogens with one attached hydrogen (secondary N) is 1. The number of esters is 2. The van der Waals surface area contributed by atoms with E-state index >= 15 is 0 Å². The van der Waals surface area contributed by atoms with Crippen LogP contribution in [0.15, 0.2) is 26.8 Å². The third-order valence-electron chi connectivity index (χ3n) is 2.24. The molecule has 1 rings (SSSR count). The van der Waals surface area contributed by atoms with Gasteiger partial charge in [-0.2, -0.15) is 0 Å². The highest BCUT2D eigenvalue weighted by Crippen LogP contribution is 2.41. The zero-order chi connectivity index (χ0) is 16.2. The Bertz CT molecular complexity index is 620. The molecule has 0 saturated heterocycles. The second-order valence-electron chi connectivity index (χ2n) is 3.55. The molecule has 0 bridgehead atoms. The van der Waals surface area contributed by atoms with E-state index in [0.29, 0.717) is 24.7 Å². The lowest BCUT2D eigenvalue weighted by molar-refractivity contribution is -0.138. The first-order valence-corrected chi connectivity index (χ1v) is 7.64. The summed E-state index contributed by atoms with van der Waals surface area (Å²) < 4.78 is 10.0. The van der Waals surface area contributed by atoms with Gasteiger partial charge in [-0.3, -0.25) is 0 Å². The summed E-state index contributed by atoms with van der Waals surface area (Å²) in [5, 5.41) is 3.36. The van der Waals surface area contributed by atoms with E-state index in [4.69, 9.17) is 23.2 Å². The maximum absolute atomic E-state index is 11.7. The lowest BCUT2D eigenvalue weighted by atomic mass is 10.3. The zero-order valence-corrected chi connectivity index (χ0v) is 15.5. The van der Waals surface area contributed by atoms with Gasteiger partial charge in [-0.15, -0.1) is 0 Å². The fourth-order valence-corrected chi connectivity index (χ4v) is 2.69. The molecule has 0 aliphatic carbocycles. The highest BCUT2D eigenvalue weighted by atomic mass is 79.9. The Labute approximate surface area is 147 Å². The lowest BCUT2D eigenvalue weighted by Gasteiger charge is -2.13. The van der Waals surface area contributed by atoms with E-state index in [1.807, 2.05) is 0 Å². The van der Waals surface area contributed by atoms with Gasteiger partial charge in [0.1, 0.15) is 5.70 Å². The standard InChI is InChI=1S/C12H9Br2Cl2NO4/c1-20-8(18)4-7(12(19)21-2)17-6-3-5(15)9(13)11(16)10(6)14/h3-4,17H,1-2H3/b7-4+. The van der Waals surface area contributed by atoms with Crippen LogP contribution in [-0.2, 0) is 19.1 Å². The van der Waals surface area contributed by atoms with E-state index in [0.717, 1.165) is 6.08 Å². The number of anilines is 1. The van der Waals surface area contributed by atoms with Crippen molar-refractivity contribution in [1.29, 1.82) is 0 Å². The second kappa shape index (κ2) is 8.03. The van der Waals surface area contributed by atoms with Crippen LogP contribution in [-0.4, -0.2) is 26.2 Å². The van der Waals surface area contributed by atoms with Crippen LogP contribution in [0.25, 0.3) is 0 Å². The van der Waals surface area contributed by atoms with Gasteiger partial charge in [-0.1, -0.05) is 23.2 Å². The van der Waals surface area contributed by atoms with Crippen LogP contribution in [0.2, 0.25) is 10.0 Å². The molecule has 5 nitrogen and oxygen atoms in total. The van der Waals surface area contributed by atoms with Gasteiger partial charge in [-0.05, 0) is 37.9 Å². The summed E-state index contributed by atoms with van der Waals surface area (Å²) in [5.74, 6) is -1.46. The molecule has 1 aromatic carbocycles. The first kappa shape index (κ1) is 18.3. The quantitative estimate of drug-likeness (QED) is 0.316. The van der Waals surface area contributed by atoms with Crippen molar-refractivity contribution >= 4 is 72.7 Å². The summed E-state index contributed by atoms with van der Waals surface area (Å²) in [6.07, 6.45) is 0.960. The van der Waals surface area contributed by atoms with Crippen LogP contribution in [0.4, 0.5) is 5.69 Å². The predicted molar refractivity (Wildman–Crippen MR) is 87.6 cm³/mol. The summed E-state index contributed by atoms with van der Waals surface area (Å²) in [7, 11) is 2.38. The number of halogens is 4. The lowest BCUT2D eigenvalue weighted by Crippen LogP contribution is -2.15. The Balaban J connectivity index is 3.25. The molecule has 0 spiro atoms. The van der Waals surface area contributed by atoms with Crippen molar-refractivity contribution in [3.8, 4) is 0 Å². The molecule has 21 heavy (non-hydrogen) atoms. The third kappa shape index (κ3) is 4.60. The fourth-order valence-electron chi connectivity index (χ4n) is 1.24. The molecule has 1 aromatic rings. The molecule has 0 aliphatic heterocycles. The number of methoxy groups -OCH3 is 2. The Morgan fingerprint density at radius 3 is 2.33 bits per heavy atom. The molecule has 0 fully saturated rings. The first-order valence-electron chi connectivity index (χ1n) is 5.29. The van der Waals surface area contributed by atoms with Gasteiger partial charge in [0.25, 0.3) is 0 Å². The van der Waals surface area contributed by atoms with Gasteiger partial charge in [0.2, 0.25) is 0 Å². The van der Waals surface area contributed by atoms with Gasteiger partial charge in [0.05, 0.1) is 45.0 Å². The minimum atomic E-state index is -0.748. The largest absolute Gasteiger partial charge is 0.466 e. The summed E-state index contributed by atoms with van der Waals surface area (Å²) in [6.45, 7) is 0. The van der Waals surface area contributed by atoms with E-state index < -0.39 is 11.9 Å². The van der Waals surface area contributed by atoms with E-state index in [-0.39, 0.29) is 5.70 Å². The maximum atomic E-state index is 11.7.